The number of rotatable bonds is 16. The molecule has 0 bridgehead atoms. The van der Waals surface area contributed by atoms with Crippen molar-refractivity contribution in [3.8, 4) is 11.1 Å². The molecule has 0 aliphatic rings. The molecule has 0 heterocycles. The van der Waals surface area contributed by atoms with Crippen molar-refractivity contribution in [2.24, 2.45) is 21.5 Å². The van der Waals surface area contributed by atoms with E-state index in [9.17, 15) is 19.2 Å². The molecule has 2 atom stereocenters. The zero-order chi connectivity index (χ0) is 38.0. The molecule has 2 rings (SSSR count). The molecule has 0 saturated carbocycles. The Kier molecular flexibility index (Phi) is 17.3. The van der Waals surface area contributed by atoms with E-state index >= 15 is 0 Å². The fraction of sp³-hybridized carbons (Fsp3) is 0.526. The van der Waals surface area contributed by atoms with Crippen molar-refractivity contribution in [2.75, 3.05) is 13.1 Å². The fourth-order valence-corrected chi connectivity index (χ4v) is 4.79. The number of nitrogens with two attached hydrogens (primary N) is 2. The van der Waals surface area contributed by atoms with Gasteiger partial charge in [0.25, 0.3) is 0 Å². The van der Waals surface area contributed by atoms with Crippen LogP contribution in [0.4, 0.5) is 9.59 Å². The van der Waals surface area contributed by atoms with Gasteiger partial charge in [-0.25, -0.2) is 9.59 Å². The molecule has 0 aromatic heterocycles. The third kappa shape index (κ3) is 18.7. The molecule has 2 aromatic carbocycles. The minimum absolute atomic E-state index is 0.100. The lowest BCUT2D eigenvalue weighted by Crippen LogP contribution is -2.49. The Balaban J connectivity index is 2.04. The van der Waals surface area contributed by atoms with Crippen LogP contribution in [0.25, 0.3) is 11.1 Å². The number of ether oxygens (including phenoxy) is 2. The zero-order valence-electron chi connectivity index (χ0n) is 31.2. The van der Waals surface area contributed by atoms with Gasteiger partial charge >= 0.3 is 12.2 Å². The molecule has 0 aliphatic carbocycles. The number of Topliss-reactive ketones (excluding diaryl/α,β-unsaturated/α-hetero) is 1. The lowest BCUT2D eigenvalue weighted by Gasteiger charge is -2.22. The first-order chi connectivity index (χ1) is 23.9. The van der Waals surface area contributed by atoms with Gasteiger partial charge in [0.05, 0.1) is 17.9 Å². The van der Waals surface area contributed by atoms with Gasteiger partial charge in [-0.3, -0.25) is 30.2 Å². The van der Waals surface area contributed by atoms with E-state index in [1.165, 1.54) is 0 Å². The smallest absolute Gasteiger partial charge is 0.414 e. The van der Waals surface area contributed by atoms with Crippen molar-refractivity contribution in [3.05, 3.63) is 60.2 Å². The van der Waals surface area contributed by atoms with Crippen molar-refractivity contribution < 1.29 is 28.7 Å². The molecule has 3 amide bonds. The van der Waals surface area contributed by atoms with Gasteiger partial charge in [-0.15, -0.1) is 0 Å². The van der Waals surface area contributed by atoms with E-state index in [0.29, 0.717) is 50.9 Å². The van der Waals surface area contributed by atoms with Gasteiger partial charge in [0, 0.05) is 19.5 Å². The molecular formula is C38H57N7O6. The van der Waals surface area contributed by atoms with Crippen LogP contribution in [0, 0.1) is 0 Å². The van der Waals surface area contributed by atoms with Crippen molar-refractivity contribution in [1.82, 2.24) is 16.0 Å². The van der Waals surface area contributed by atoms with Gasteiger partial charge in [0.1, 0.15) is 11.2 Å². The number of amidine groups is 1. The largest absolute Gasteiger partial charge is 0.444 e. The average Bonchev–Trinajstić information content (AvgIpc) is 3.02. The Bertz CT molecular complexity index is 1440. The molecule has 0 spiro atoms. The summed E-state index contributed by atoms with van der Waals surface area (Å²) in [6.07, 6.45) is 1.75. The molecular weight excluding hydrogens is 650 g/mol. The number of alkyl carbamates (subject to hydrolysis) is 2. The highest BCUT2D eigenvalue weighted by Crippen LogP contribution is 2.20. The highest BCUT2D eigenvalue weighted by Gasteiger charge is 2.24. The number of hydrogen-bond acceptors (Lipinski definition) is 9. The van der Waals surface area contributed by atoms with Crippen LogP contribution in [0.15, 0.2) is 64.6 Å². The fourth-order valence-electron chi connectivity index (χ4n) is 4.79. The topological polar surface area (TPSA) is 200 Å². The molecule has 0 fully saturated rings. The van der Waals surface area contributed by atoms with E-state index in [2.05, 4.69) is 25.9 Å². The molecule has 13 heteroatoms. The van der Waals surface area contributed by atoms with E-state index in [-0.39, 0.29) is 30.6 Å². The van der Waals surface area contributed by atoms with Crippen LogP contribution < -0.4 is 27.4 Å². The Hall–Kier alpha value is -4.78. The van der Waals surface area contributed by atoms with Crippen molar-refractivity contribution in [1.29, 1.82) is 0 Å². The standard InChI is InChI=1S/C38H57N7O6/c1-26(39)41-24-14-17-30(40)33(47)43-31(25-27-19-21-29(22-20-27)28-15-10-8-11-16-28)32(46)18-12-9-13-23-42-34(44-35(48)50-37(2,3)4)45-36(49)51-38(5,6)7/h8,10-11,15-16,19-22,30-31H,9,12-14,17-18,23-25,40H2,1-7H3,(H2,39,41)(H,43,47)(H2,42,44,45,48,49)/t30-,31-/m1/s1. The molecule has 0 radical (unpaired) electrons. The predicted octanol–water partition coefficient (Wildman–Crippen LogP) is 5.40. The van der Waals surface area contributed by atoms with E-state index in [0.717, 1.165) is 16.7 Å². The lowest BCUT2D eigenvalue weighted by atomic mass is 9.96. The van der Waals surface area contributed by atoms with E-state index in [1.54, 1.807) is 48.5 Å². The molecule has 13 nitrogen and oxygen atoms in total. The van der Waals surface area contributed by atoms with Crippen molar-refractivity contribution in [2.45, 2.75) is 117 Å². The normalized spacial score (nSPS) is 13.0. The van der Waals surface area contributed by atoms with Gasteiger partial charge in [-0.1, -0.05) is 61.0 Å². The number of hydrogen-bond donors (Lipinski definition) is 5. The Morgan fingerprint density at radius 3 is 1.84 bits per heavy atom. The number of unbranched alkanes of at least 4 members (excludes halogenated alkanes) is 2. The van der Waals surface area contributed by atoms with E-state index in [1.807, 2.05) is 54.6 Å². The number of nitrogens with one attached hydrogen (secondary N) is 3. The number of nitrogens with zero attached hydrogens (tertiary/aromatic N) is 2. The number of guanidine groups is 1. The summed E-state index contributed by atoms with van der Waals surface area (Å²) in [6, 6.07) is 16.4. The summed E-state index contributed by atoms with van der Waals surface area (Å²) in [4.78, 5) is 59.7. The van der Waals surface area contributed by atoms with Gasteiger partial charge in [0.2, 0.25) is 11.9 Å². The molecule has 0 unspecified atom stereocenters. The first kappa shape index (κ1) is 42.4. The van der Waals surface area contributed by atoms with Gasteiger partial charge in [-0.2, -0.15) is 0 Å². The molecule has 7 N–H and O–H groups in total. The second-order valence-corrected chi connectivity index (χ2v) is 14.4. The Morgan fingerprint density at radius 1 is 0.745 bits per heavy atom. The van der Waals surface area contributed by atoms with Crippen molar-refractivity contribution in [3.63, 3.8) is 0 Å². The number of amides is 3. The molecule has 280 valence electrons. The monoisotopic (exact) mass is 707 g/mol. The molecule has 0 saturated heterocycles. The summed E-state index contributed by atoms with van der Waals surface area (Å²) in [5, 5.41) is 7.81. The van der Waals surface area contributed by atoms with Crippen LogP contribution in [-0.2, 0) is 25.5 Å². The quantitative estimate of drug-likeness (QED) is 0.0867. The van der Waals surface area contributed by atoms with Crippen LogP contribution in [0.3, 0.4) is 0 Å². The van der Waals surface area contributed by atoms with Crippen LogP contribution >= 0.6 is 0 Å². The third-order valence-electron chi connectivity index (χ3n) is 7.17. The number of carbonyl (C=O) groups excluding carboxylic acids is 4. The summed E-state index contributed by atoms with van der Waals surface area (Å²) in [6.45, 7) is 12.8. The average molecular weight is 708 g/mol. The summed E-state index contributed by atoms with van der Waals surface area (Å²) in [5.41, 5.74) is 13.3. The maximum Gasteiger partial charge on any atom is 0.414 e. The summed E-state index contributed by atoms with van der Waals surface area (Å²) in [7, 11) is 0. The number of aliphatic imine (C=N–C) groups is 2. The Morgan fingerprint density at radius 2 is 1.29 bits per heavy atom. The number of carbonyl (C=O) groups is 4. The van der Waals surface area contributed by atoms with Crippen molar-refractivity contribution >= 4 is 35.7 Å². The second-order valence-electron chi connectivity index (χ2n) is 14.4. The lowest BCUT2D eigenvalue weighted by molar-refractivity contribution is -0.128. The summed E-state index contributed by atoms with van der Waals surface area (Å²) >= 11 is 0. The maximum absolute atomic E-state index is 13.5. The first-order valence-electron chi connectivity index (χ1n) is 17.5. The van der Waals surface area contributed by atoms with Gasteiger partial charge in [-0.05, 0) is 97.3 Å². The minimum Gasteiger partial charge on any atom is -0.444 e. The molecule has 2 aromatic rings. The predicted molar refractivity (Wildman–Crippen MR) is 201 cm³/mol. The summed E-state index contributed by atoms with van der Waals surface area (Å²) in [5.74, 6) is -0.121. The number of benzene rings is 2. The molecule has 51 heavy (non-hydrogen) atoms. The zero-order valence-corrected chi connectivity index (χ0v) is 31.2. The number of ketones is 1. The highest BCUT2D eigenvalue weighted by molar-refractivity contribution is 6.01. The molecule has 0 aliphatic heterocycles. The van der Waals surface area contributed by atoms with Crippen LogP contribution in [0.5, 0.6) is 0 Å². The Labute approximate surface area is 302 Å². The summed E-state index contributed by atoms with van der Waals surface area (Å²) < 4.78 is 10.6. The SMILES string of the molecule is CC(N)=NCCC[C@@H](N)C(=O)N[C@H](Cc1ccc(-c2ccccc2)cc1)C(=O)CCCCCN=C(NC(=O)OC(C)(C)C)NC(=O)OC(C)(C)C. The second kappa shape index (κ2) is 20.8. The minimum atomic E-state index is -0.787. The first-order valence-corrected chi connectivity index (χ1v) is 17.5. The van der Waals surface area contributed by atoms with Crippen LogP contribution in [0.1, 0.15) is 92.6 Å². The van der Waals surface area contributed by atoms with E-state index in [4.69, 9.17) is 20.9 Å². The van der Waals surface area contributed by atoms with Crippen LogP contribution in [-0.4, -0.2) is 72.0 Å². The van der Waals surface area contributed by atoms with E-state index < -0.39 is 35.5 Å². The van der Waals surface area contributed by atoms with Gasteiger partial charge in [0.15, 0.2) is 5.78 Å². The van der Waals surface area contributed by atoms with Gasteiger partial charge < -0.3 is 26.3 Å². The third-order valence-corrected chi connectivity index (χ3v) is 7.17. The van der Waals surface area contributed by atoms with Crippen LogP contribution in [0.2, 0.25) is 0 Å². The maximum atomic E-state index is 13.5. The highest BCUT2D eigenvalue weighted by atomic mass is 16.6.